The molecule has 0 aliphatic rings. The smallest absolute Gasteiger partial charge is 0.128 e. The fraction of sp³-hybridized carbons (Fsp3) is 0.208. The van der Waals surface area contributed by atoms with Gasteiger partial charge in [-0.3, -0.25) is 9.97 Å². The summed E-state index contributed by atoms with van der Waals surface area (Å²) >= 11 is 0. The molecular formula is C24H24N4O. The zero-order valence-electron chi connectivity index (χ0n) is 16.9. The van der Waals surface area contributed by atoms with Crippen LogP contribution in [0.1, 0.15) is 24.2 Å². The van der Waals surface area contributed by atoms with E-state index in [4.69, 9.17) is 9.72 Å². The highest BCUT2D eigenvalue weighted by molar-refractivity contribution is 5.82. The average molecular weight is 384 g/mol. The van der Waals surface area contributed by atoms with E-state index in [-0.39, 0.29) is 6.04 Å². The van der Waals surface area contributed by atoms with Crippen molar-refractivity contribution in [3.8, 4) is 28.3 Å². The molecule has 2 aromatic heterocycles. The molecule has 0 amide bonds. The quantitative estimate of drug-likeness (QED) is 0.462. The number of imidazole rings is 1. The Balaban J connectivity index is 1.85. The largest absolute Gasteiger partial charge is 0.496 e. The molecule has 2 aromatic carbocycles. The van der Waals surface area contributed by atoms with E-state index in [0.29, 0.717) is 0 Å². The number of methoxy groups -OCH3 is 1. The van der Waals surface area contributed by atoms with Crippen LogP contribution in [0.4, 0.5) is 0 Å². The molecule has 0 N–H and O–H groups in total. The Morgan fingerprint density at radius 2 is 1.86 bits per heavy atom. The molecule has 5 heteroatoms. The molecule has 0 saturated carbocycles. The number of ether oxygens (including phenoxy) is 1. The molecular weight excluding hydrogens is 360 g/mol. The molecule has 0 saturated heterocycles. The van der Waals surface area contributed by atoms with Crippen molar-refractivity contribution in [3.63, 3.8) is 0 Å². The highest BCUT2D eigenvalue weighted by Crippen LogP contribution is 2.39. The van der Waals surface area contributed by atoms with Gasteiger partial charge in [0.25, 0.3) is 0 Å². The monoisotopic (exact) mass is 384 g/mol. The molecule has 0 aliphatic heterocycles. The number of rotatable bonds is 6. The zero-order chi connectivity index (χ0) is 20.2. The van der Waals surface area contributed by atoms with Crippen molar-refractivity contribution in [2.45, 2.75) is 26.3 Å². The van der Waals surface area contributed by atoms with Gasteiger partial charge in [-0.2, -0.15) is 0 Å². The van der Waals surface area contributed by atoms with E-state index in [1.807, 2.05) is 30.7 Å². The lowest BCUT2D eigenvalue weighted by atomic mass is 10.0. The molecule has 0 radical (unpaired) electrons. The van der Waals surface area contributed by atoms with Gasteiger partial charge in [0, 0.05) is 42.2 Å². The summed E-state index contributed by atoms with van der Waals surface area (Å²) < 4.78 is 7.94. The van der Waals surface area contributed by atoms with Crippen molar-refractivity contribution in [2.75, 3.05) is 7.11 Å². The van der Waals surface area contributed by atoms with Crippen LogP contribution in [0, 0.1) is 6.92 Å². The molecule has 0 fully saturated rings. The van der Waals surface area contributed by atoms with E-state index >= 15 is 0 Å². The van der Waals surface area contributed by atoms with Crippen molar-refractivity contribution in [1.29, 1.82) is 0 Å². The summed E-state index contributed by atoms with van der Waals surface area (Å²) in [5, 5.41) is 0. The second kappa shape index (κ2) is 8.27. The molecule has 4 rings (SSSR count). The van der Waals surface area contributed by atoms with E-state index < -0.39 is 0 Å². The number of benzene rings is 2. The minimum absolute atomic E-state index is 0.151. The summed E-state index contributed by atoms with van der Waals surface area (Å²) in [4.78, 5) is 13.4. The zero-order valence-corrected chi connectivity index (χ0v) is 16.9. The van der Waals surface area contributed by atoms with Crippen LogP contribution >= 0.6 is 0 Å². The molecule has 2 heterocycles. The van der Waals surface area contributed by atoms with Gasteiger partial charge in [-0.05, 0) is 31.5 Å². The fourth-order valence-corrected chi connectivity index (χ4v) is 3.60. The van der Waals surface area contributed by atoms with Crippen molar-refractivity contribution < 1.29 is 4.74 Å². The third-order valence-electron chi connectivity index (χ3n) is 5.05. The number of nitrogens with zero attached hydrogens (tertiary/aromatic N) is 4. The van der Waals surface area contributed by atoms with E-state index in [0.717, 1.165) is 45.9 Å². The maximum absolute atomic E-state index is 5.73. The SMILES string of the molecule is COc1cc(C)ccc1-c1c(-c2ccccc2)ncn1[C@@H](C)Cc1cnccn1. The molecule has 0 spiro atoms. The van der Waals surface area contributed by atoms with Crippen molar-refractivity contribution >= 4 is 0 Å². The fourth-order valence-electron chi connectivity index (χ4n) is 3.60. The van der Waals surface area contributed by atoms with Gasteiger partial charge in [0.2, 0.25) is 0 Å². The molecule has 0 aliphatic carbocycles. The van der Waals surface area contributed by atoms with Crippen LogP contribution in [0.2, 0.25) is 0 Å². The van der Waals surface area contributed by atoms with Crippen LogP contribution in [-0.4, -0.2) is 26.6 Å². The highest BCUT2D eigenvalue weighted by Gasteiger charge is 2.21. The summed E-state index contributed by atoms with van der Waals surface area (Å²) in [6, 6.07) is 16.7. The minimum atomic E-state index is 0.151. The Labute approximate surface area is 171 Å². The van der Waals surface area contributed by atoms with Crippen LogP contribution in [0.5, 0.6) is 5.75 Å². The van der Waals surface area contributed by atoms with E-state index in [1.165, 1.54) is 0 Å². The van der Waals surface area contributed by atoms with Gasteiger partial charge in [-0.25, -0.2) is 4.98 Å². The van der Waals surface area contributed by atoms with Crippen LogP contribution in [0.25, 0.3) is 22.5 Å². The maximum atomic E-state index is 5.73. The Bertz CT molecular complexity index is 1090. The lowest BCUT2D eigenvalue weighted by Crippen LogP contribution is -2.10. The normalized spacial score (nSPS) is 12.0. The van der Waals surface area contributed by atoms with Gasteiger partial charge in [0.15, 0.2) is 0 Å². The summed E-state index contributed by atoms with van der Waals surface area (Å²) in [6.45, 7) is 4.24. The van der Waals surface area contributed by atoms with Gasteiger partial charge in [-0.1, -0.05) is 36.4 Å². The Morgan fingerprint density at radius 1 is 1.03 bits per heavy atom. The predicted octanol–water partition coefficient (Wildman–Crippen LogP) is 5.13. The summed E-state index contributed by atoms with van der Waals surface area (Å²) in [6.07, 6.45) is 7.92. The van der Waals surface area contributed by atoms with Crippen LogP contribution in [-0.2, 0) is 6.42 Å². The van der Waals surface area contributed by atoms with Crippen LogP contribution in [0.3, 0.4) is 0 Å². The third kappa shape index (κ3) is 3.90. The topological polar surface area (TPSA) is 52.8 Å². The second-order valence-electron chi connectivity index (χ2n) is 7.17. The number of hydrogen-bond donors (Lipinski definition) is 0. The van der Waals surface area contributed by atoms with Crippen molar-refractivity contribution in [2.24, 2.45) is 0 Å². The molecule has 29 heavy (non-hydrogen) atoms. The molecule has 146 valence electrons. The van der Waals surface area contributed by atoms with Crippen LogP contribution in [0.15, 0.2) is 73.4 Å². The molecule has 5 nitrogen and oxygen atoms in total. The first-order chi connectivity index (χ1) is 14.2. The third-order valence-corrected chi connectivity index (χ3v) is 5.05. The van der Waals surface area contributed by atoms with Gasteiger partial charge < -0.3 is 9.30 Å². The minimum Gasteiger partial charge on any atom is -0.496 e. The van der Waals surface area contributed by atoms with Gasteiger partial charge in [-0.15, -0.1) is 0 Å². The number of aryl methyl sites for hydroxylation is 1. The van der Waals surface area contributed by atoms with E-state index in [9.17, 15) is 0 Å². The summed E-state index contributed by atoms with van der Waals surface area (Å²) in [7, 11) is 1.71. The summed E-state index contributed by atoms with van der Waals surface area (Å²) in [5.41, 5.74) is 6.21. The van der Waals surface area contributed by atoms with Crippen LogP contribution < -0.4 is 4.74 Å². The molecule has 0 unspecified atom stereocenters. The lowest BCUT2D eigenvalue weighted by Gasteiger charge is -2.19. The predicted molar refractivity (Wildman–Crippen MR) is 115 cm³/mol. The van der Waals surface area contributed by atoms with Gasteiger partial charge in [0.1, 0.15) is 5.75 Å². The highest BCUT2D eigenvalue weighted by atomic mass is 16.5. The Morgan fingerprint density at radius 3 is 2.59 bits per heavy atom. The Kier molecular flexibility index (Phi) is 5.38. The first-order valence-electron chi connectivity index (χ1n) is 9.69. The summed E-state index contributed by atoms with van der Waals surface area (Å²) in [5.74, 6) is 0.843. The molecule has 4 aromatic rings. The Hall–Kier alpha value is -3.47. The van der Waals surface area contributed by atoms with Gasteiger partial charge >= 0.3 is 0 Å². The van der Waals surface area contributed by atoms with Crippen molar-refractivity contribution in [1.82, 2.24) is 19.5 Å². The standard InChI is InChI=1S/C24H24N4O/c1-17-9-10-21(22(13-17)29-3)24-23(19-7-5-4-6-8-19)27-16-28(24)18(2)14-20-15-25-11-12-26-20/h4-13,15-16,18H,14H2,1-3H3/t18-/m0/s1. The second-order valence-corrected chi connectivity index (χ2v) is 7.17. The van der Waals surface area contributed by atoms with E-state index in [2.05, 4.69) is 58.7 Å². The molecule has 1 atom stereocenters. The average Bonchev–Trinajstić information content (AvgIpc) is 3.20. The maximum Gasteiger partial charge on any atom is 0.128 e. The molecule has 0 bridgehead atoms. The number of aromatic nitrogens is 4. The number of hydrogen-bond acceptors (Lipinski definition) is 4. The lowest BCUT2D eigenvalue weighted by molar-refractivity contribution is 0.415. The van der Waals surface area contributed by atoms with E-state index in [1.54, 1.807) is 19.5 Å². The van der Waals surface area contributed by atoms with Gasteiger partial charge in [0.05, 0.1) is 30.5 Å². The van der Waals surface area contributed by atoms with Crippen molar-refractivity contribution in [3.05, 3.63) is 84.7 Å². The first kappa shape index (κ1) is 18.9. The first-order valence-corrected chi connectivity index (χ1v) is 9.69.